The van der Waals surface area contributed by atoms with Gasteiger partial charge in [-0.15, -0.1) is 5.10 Å². The maximum Gasteiger partial charge on any atom is 0.216 e. The first-order valence-electron chi connectivity index (χ1n) is 9.42. The quantitative estimate of drug-likeness (QED) is 0.432. The van der Waals surface area contributed by atoms with Crippen LogP contribution in [0.5, 0.6) is 0 Å². The number of nitrogens with one attached hydrogen (secondary N) is 3. The van der Waals surface area contributed by atoms with Crippen LogP contribution in [0, 0.1) is 5.82 Å². The summed E-state index contributed by atoms with van der Waals surface area (Å²) >= 11 is 0. The second kappa shape index (κ2) is 7.84. The maximum atomic E-state index is 13.6. The van der Waals surface area contributed by atoms with Crippen LogP contribution in [0.2, 0.25) is 0 Å². The maximum absolute atomic E-state index is 13.6. The number of aromatic amines is 1. The first-order valence-corrected chi connectivity index (χ1v) is 9.42. The molecule has 28 heavy (non-hydrogen) atoms. The summed E-state index contributed by atoms with van der Waals surface area (Å²) in [6, 6.07) is 10.5. The van der Waals surface area contributed by atoms with E-state index in [0.717, 1.165) is 24.9 Å². The molecule has 0 radical (unpaired) electrons. The molecular weight excluding hydrogens is 359 g/mol. The van der Waals surface area contributed by atoms with Gasteiger partial charge in [0.2, 0.25) is 5.82 Å². The molecule has 3 aromatic rings. The van der Waals surface area contributed by atoms with Crippen LogP contribution in [0.3, 0.4) is 0 Å². The van der Waals surface area contributed by atoms with Crippen LogP contribution >= 0.6 is 0 Å². The standard InChI is InChI=1S/C20H23FN6O/c1-2-22-19(23-12-17-25-18(27-26-17)16-7-4-10-28-16)24-13-20(8-9-20)14-5-3-6-15(21)11-14/h3-7,10-11H,2,8-9,12-13H2,1H3,(H2,22,23,24)(H,25,26,27). The minimum atomic E-state index is -0.193. The molecule has 4 rings (SSSR count). The molecule has 0 saturated heterocycles. The summed E-state index contributed by atoms with van der Waals surface area (Å²) in [5.74, 6) is 2.27. The number of hydrogen-bond acceptors (Lipinski definition) is 4. The molecule has 7 nitrogen and oxygen atoms in total. The molecule has 1 saturated carbocycles. The number of halogens is 1. The lowest BCUT2D eigenvalue weighted by atomic mass is 9.96. The summed E-state index contributed by atoms with van der Waals surface area (Å²) in [6.45, 7) is 3.82. The van der Waals surface area contributed by atoms with E-state index in [4.69, 9.17) is 4.42 Å². The van der Waals surface area contributed by atoms with Crippen molar-refractivity contribution in [1.82, 2.24) is 25.8 Å². The van der Waals surface area contributed by atoms with Gasteiger partial charge in [0.05, 0.1) is 6.26 Å². The van der Waals surface area contributed by atoms with Gasteiger partial charge in [-0.1, -0.05) is 12.1 Å². The lowest BCUT2D eigenvalue weighted by molar-refractivity contribution is 0.577. The summed E-state index contributed by atoms with van der Waals surface area (Å²) in [5.41, 5.74) is 1.02. The Balaban J connectivity index is 1.40. The van der Waals surface area contributed by atoms with E-state index in [-0.39, 0.29) is 11.2 Å². The molecule has 3 N–H and O–H groups in total. The van der Waals surface area contributed by atoms with E-state index in [1.54, 1.807) is 24.5 Å². The van der Waals surface area contributed by atoms with Crippen molar-refractivity contribution in [3.05, 3.63) is 59.9 Å². The SMILES string of the molecule is CCNC(=NCc1nc(-c2ccco2)n[nH]1)NCC1(c2cccc(F)c2)CC1. The Bertz CT molecular complexity index is 945. The van der Waals surface area contributed by atoms with Gasteiger partial charge < -0.3 is 15.1 Å². The Morgan fingerprint density at radius 2 is 2.18 bits per heavy atom. The lowest BCUT2D eigenvalue weighted by Crippen LogP contribution is -2.41. The predicted octanol–water partition coefficient (Wildman–Crippen LogP) is 2.99. The minimum absolute atomic E-state index is 0.0169. The van der Waals surface area contributed by atoms with E-state index in [1.165, 1.54) is 6.07 Å². The van der Waals surface area contributed by atoms with Crippen molar-refractivity contribution in [1.29, 1.82) is 0 Å². The van der Waals surface area contributed by atoms with Crippen LogP contribution < -0.4 is 10.6 Å². The lowest BCUT2D eigenvalue weighted by Gasteiger charge is -2.19. The molecule has 0 amide bonds. The van der Waals surface area contributed by atoms with Gasteiger partial charge in [-0.3, -0.25) is 5.10 Å². The van der Waals surface area contributed by atoms with Crippen molar-refractivity contribution in [3.63, 3.8) is 0 Å². The van der Waals surface area contributed by atoms with Crippen molar-refractivity contribution < 1.29 is 8.81 Å². The Morgan fingerprint density at radius 1 is 1.29 bits per heavy atom. The fourth-order valence-electron chi connectivity index (χ4n) is 3.17. The van der Waals surface area contributed by atoms with Crippen molar-refractivity contribution in [2.24, 2.45) is 4.99 Å². The topological polar surface area (TPSA) is 91.1 Å². The second-order valence-electron chi connectivity index (χ2n) is 6.92. The molecule has 8 heteroatoms. The molecule has 0 bridgehead atoms. The second-order valence-corrected chi connectivity index (χ2v) is 6.92. The average Bonchev–Trinajstić information content (AvgIpc) is 3.08. The first-order chi connectivity index (χ1) is 13.7. The zero-order valence-electron chi connectivity index (χ0n) is 15.7. The molecule has 1 fully saturated rings. The minimum Gasteiger partial charge on any atom is -0.461 e. The van der Waals surface area contributed by atoms with Crippen molar-refractivity contribution in [3.8, 4) is 11.6 Å². The number of benzene rings is 1. The highest BCUT2D eigenvalue weighted by molar-refractivity contribution is 5.79. The van der Waals surface area contributed by atoms with Gasteiger partial charge in [-0.05, 0) is 49.6 Å². The molecular formula is C20H23FN6O. The fourth-order valence-corrected chi connectivity index (χ4v) is 3.17. The molecule has 0 aliphatic heterocycles. The highest BCUT2D eigenvalue weighted by atomic mass is 19.1. The Hall–Kier alpha value is -3.16. The van der Waals surface area contributed by atoms with Crippen LogP contribution in [0.4, 0.5) is 4.39 Å². The zero-order chi connectivity index (χ0) is 19.4. The largest absolute Gasteiger partial charge is 0.461 e. The molecule has 0 atom stereocenters. The summed E-state index contributed by atoms with van der Waals surface area (Å²) in [4.78, 5) is 8.98. The van der Waals surface area contributed by atoms with Gasteiger partial charge in [0.25, 0.3) is 0 Å². The fraction of sp³-hybridized carbons (Fsp3) is 0.350. The normalized spacial score (nSPS) is 15.4. The van der Waals surface area contributed by atoms with Gasteiger partial charge in [-0.2, -0.15) is 0 Å². The summed E-state index contributed by atoms with van der Waals surface area (Å²) in [6.07, 6.45) is 3.66. The number of aliphatic imine (C=N–C) groups is 1. The van der Waals surface area contributed by atoms with Crippen LogP contribution in [0.1, 0.15) is 31.2 Å². The third-order valence-corrected chi connectivity index (χ3v) is 4.89. The van der Waals surface area contributed by atoms with E-state index >= 15 is 0 Å². The van der Waals surface area contributed by atoms with Gasteiger partial charge in [0, 0.05) is 18.5 Å². The Kier molecular flexibility index (Phi) is 5.10. The van der Waals surface area contributed by atoms with Crippen molar-refractivity contribution >= 4 is 5.96 Å². The monoisotopic (exact) mass is 382 g/mol. The van der Waals surface area contributed by atoms with Crippen LogP contribution in [-0.4, -0.2) is 34.2 Å². The van der Waals surface area contributed by atoms with Gasteiger partial charge >= 0.3 is 0 Å². The predicted molar refractivity (Wildman–Crippen MR) is 104 cm³/mol. The molecule has 0 unspecified atom stereocenters. The van der Waals surface area contributed by atoms with Crippen LogP contribution in [-0.2, 0) is 12.0 Å². The van der Waals surface area contributed by atoms with Crippen LogP contribution in [0.25, 0.3) is 11.6 Å². The number of nitrogens with zero attached hydrogens (tertiary/aromatic N) is 3. The smallest absolute Gasteiger partial charge is 0.216 e. The van der Waals surface area contributed by atoms with E-state index in [2.05, 4.69) is 30.8 Å². The summed E-state index contributed by atoms with van der Waals surface area (Å²) in [5, 5.41) is 13.6. The third kappa shape index (κ3) is 4.05. The van der Waals surface area contributed by atoms with E-state index in [9.17, 15) is 4.39 Å². The van der Waals surface area contributed by atoms with Crippen molar-refractivity contribution in [2.75, 3.05) is 13.1 Å². The molecule has 2 heterocycles. The molecule has 1 aliphatic carbocycles. The first kappa shape index (κ1) is 18.2. The average molecular weight is 382 g/mol. The number of guanidine groups is 1. The molecule has 146 valence electrons. The highest BCUT2D eigenvalue weighted by Gasteiger charge is 2.44. The third-order valence-electron chi connectivity index (χ3n) is 4.89. The number of furan rings is 1. The zero-order valence-corrected chi connectivity index (χ0v) is 15.7. The molecule has 0 spiro atoms. The summed E-state index contributed by atoms with van der Waals surface area (Å²) < 4.78 is 18.9. The summed E-state index contributed by atoms with van der Waals surface area (Å²) in [7, 11) is 0. The molecule has 1 aromatic carbocycles. The number of hydrogen-bond donors (Lipinski definition) is 3. The molecule has 2 aromatic heterocycles. The van der Waals surface area contributed by atoms with E-state index in [0.29, 0.717) is 36.5 Å². The highest BCUT2D eigenvalue weighted by Crippen LogP contribution is 2.47. The number of rotatable bonds is 7. The Labute approximate surface area is 162 Å². The van der Waals surface area contributed by atoms with Crippen LogP contribution in [0.15, 0.2) is 52.1 Å². The van der Waals surface area contributed by atoms with Gasteiger partial charge in [-0.25, -0.2) is 14.4 Å². The van der Waals surface area contributed by atoms with E-state index < -0.39 is 0 Å². The van der Waals surface area contributed by atoms with Gasteiger partial charge in [0.1, 0.15) is 18.2 Å². The number of aromatic nitrogens is 3. The molecule has 1 aliphatic rings. The van der Waals surface area contributed by atoms with Gasteiger partial charge in [0.15, 0.2) is 11.7 Å². The number of H-pyrrole nitrogens is 1. The van der Waals surface area contributed by atoms with E-state index in [1.807, 2.05) is 19.1 Å². The Morgan fingerprint density at radius 3 is 2.89 bits per heavy atom. The van der Waals surface area contributed by atoms with Crippen molar-refractivity contribution in [2.45, 2.75) is 31.7 Å².